The summed E-state index contributed by atoms with van der Waals surface area (Å²) in [6.45, 7) is 3.01. The molecule has 0 aliphatic rings. The van der Waals surface area contributed by atoms with Crippen molar-refractivity contribution in [2.75, 3.05) is 20.3 Å². The minimum Gasteiger partial charge on any atom is -0.493 e. The van der Waals surface area contributed by atoms with Crippen molar-refractivity contribution in [1.29, 1.82) is 0 Å². The van der Waals surface area contributed by atoms with Crippen LogP contribution in [0.4, 0.5) is 0 Å². The van der Waals surface area contributed by atoms with Crippen molar-refractivity contribution >= 4 is 16.9 Å². The van der Waals surface area contributed by atoms with Crippen LogP contribution in [0.3, 0.4) is 0 Å². The summed E-state index contributed by atoms with van der Waals surface area (Å²) in [4.78, 5) is 29.4. The second-order valence-electron chi connectivity index (χ2n) is 7.50. The van der Waals surface area contributed by atoms with E-state index in [-0.39, 0.29) is 18.1 Å². The van der Waals surface area contributed by atoms with Crippen LogP contribution in [0, 0.1) is 6.92 Å². The number of carbonyl (C=O) groups excluding carboxylic acids is 1. The van der Waals surface area contributed by atoms with Crippen molar-refractivity contribution < 1.29 is 14.3 Å². The summed E-state index contributed by atoms with van der Waals surface area (Å²) in [6, 6.07) is 15.1. The maximum atomic E-state index is 12.9. The molecule has 4 aromatic rings. The highest BCUT2D eigenvalue weighted by molar-refractivity contribution is 5.77. The normalized spacial score (nSPS) is 10.8. The molecule has 1 N–H and O–H groups in total. The van der Waals surface area contributed by atoms with Crippen LogP contribution in [0.15, 0.2) is 65.8 Å². The molecular formula is C24H25N5O4. The summed E-state index contributed by atoms with van der Waals surface area (Å²) in [6.07, 6.45) is 3.06. The van der Waals surface area contributed by atoms with Gasteiger partial charge in [-0.2, -0.15) is 5.10 Å². The number of hydrogen-bond donors (Lipinski definition) is 1. The van der Waals surface area contributed by atoms with Crippen molar-refractivity contribution in [3.8, 4) is 11.5 Å². The zero-order chi connectivity index (χ0) is 23.2. The predicted molar refractivity (Wildman–Crippen MR) is 124 cm³/mol. The van der Waals surface area contributed by atoms with Crippen molar-refractivity contribution in [3.63, 3.8) is 0 Å². The lowest BCUT2D eigenvalue weighted by molar-refractivity contribution is -0.123. The lowest BCUT2D eigenvalue weighted by Gasteiger charge is -2.11. The molecule has 0 spiro atoms. The van der Waals surface area contributed by atoms with Crippen LogP contribution in [0.5, 0.6) is 11.5 Å². The van der Waals surface area contributed by atoms with Crippen molar-refractivity contribution in [3.05, 3.63) is 82.5 Å². The standard InChI is InChI=1S/C24H25N5O4/c1-17-7-3-4-8-18(17)14-28-16-26-23-19(24(28)31)13-27-29(23)12-11-25-22(30)15-33-21-10-6-5-9-20(21)32-2/h3-10,13,16H,11-12,14-15H2,1-2H3,(H,25,30). The molecule has 0 saturated carbocycles. The highest BCUT2D eigenvalue weighted by Gasteiger charge is 2.12. The number of nitrogens with one attached hydrogen (secondary N) is 1. The first-order chi connectivity index (χ1) is 16.1. The van der Waals surface area contributed by atoms with Gasteiger partial charge in [0.15, 0.2) is 23.8 Å². The summed E-state index contributed by atoms with van der Waals surface area (Å²) >= 11 is 0. The van der Waals surface area contributed by atoms with E-state index < -0.39 is 0 Å². The van der Waals surface area contributed by atoms with E-state index in [4.69, 9.17) is 9.47 Å². The largest absolute Gasteiger partial charge is 0.493 e. The number of ether oxygens (including phenoxy) is 2. The van der Waals surface area contributed by atoms with Crippen molar-refractivity contribution in [1.82, 2.24) is 24.6 Å². The van der Waals surface area contributed by atoms with Gasteiger partial charge < -0.3 is 14.8 Å². The third kappa shape index (κ3) is 5.03. The molecule has 0 radical (unpaired) electrons. The van der Waals surface area contributed by atoms with Crippen LogP contribution < -0.4 is 20.3 Å². The number of fused-ring (bicyclic) bond motifs is 1. The number of aryl methyl sites for hydroxylation is 1. The minimum atomic E-state index is -0.272. The Morgan fingerprint density at radius 3 is 2.64 bits per heavy atom. The van der Waals surface area contributed by atoms with E-state index in [1.807, 2.05) is 37.3 Å². The molecule has 0 unspecified atom stereocenters. The van der Waals surface area contributed by atoms with Crippen LogP contribution in [-0.2, 0) is 17.9 Å². The molecule has 2 aromatic carbocycles. The van der Waals surface area contributed by atoms with Crippen LogP contribution in [0.1, 0.15) is 11.1 Å². The Kier molecular flexibility index (Phi) is 6.68. The molecule has 2 heterocycles. The Morgan fingerprint density at radius 2 is 1.85 bits per heavy atom. The zero-order valence-corrected chi connectivity index (χ0v) is 18.5. The number of para-hydroxylation sites is 2. The van der Waals surface area contributed by atoms with Crippen molar-refractivity contribution in [2.24, 2.45) is 0 Å². The summed E-state index contributed by atoms with van der Waals surface area (Å²) < 4.78 is 13.9. The third-order valence-electron chi connectivity index (χ3n) is 5.30. The molecule has 9 heteroatoms. The average molecular weight is 447 g/mol. The second-order valence-corrected chi connectivity index (χ2v) is 7.50. The lowest BCUT2D eigenvalue weighted by Crippen LogP contribution is -2.32. The smallest absolute Gasteiger partial charge is 0.264 e. The fourth-order valence-electron chi connectivity index (χ4n) is 3.48. The molecule has 0 saturated heterocycles. The first-order valence-electron chi connectivity index (χ1n) is 10.5. The van der Waals surface area contributed by atoms with Gasteiger partial charge in [0.05, 0.1) is 26.4 Å². The number of amides is 1. The van der Waals surface area contributed by atoms with Gasteiger partial charge in [-0.15, -0.1) is 0 Å². The van der Waals surface area contributed by atoms with E-state index in [1.165, 1.54) is 12.5 Å². The highest BCUT2D eigenvalue weighted by Crippen LogP contribution is 2.25. The Bertz CT molecular complexity index is 1330. The number of benzene rings is 2. The predicted octanol–water partition coefficient (Wildman–Crippen LogP) is 2.15. The van der Waals surface area contributed by atoms with Crippen LogP contribution in [0.25, 0.3) is 11.0 Å². The molecule has 33 heavy (non-hydrogen) atoms. The second kappa shape index (κ2) is 9.99. The number of methoxy groups -OCH3 is 1. The molecule has 9 nitrogen and oxygen atoms in total. The number of hydrogen-bond acceptors (Lipinski definition) is 6. The quantitative estimate of drug-likeness (QED) is 0.422. The van der Waals surface area contributed by atoms with Gasteiger partial charge in [0.2, 0.25) is 0 Å². The van der Waals surface area contributed by atoms with Gasteiger partial charge in [-0.25, -0.2) is 9.67 Å². The maximum Gasteiger partial charge on any atom is 0.264 e. The van der Waals surface area contributed by atoms with Gasteiger partial charge in [-0.3, -0.25) is 14.2 Å². The summed E-state index contributed by atoms with van der Waals surface area (Å²) in [5.41, 5.74) is 2.51. The Morgan fingerprint density at radius 1 is 1.09 bits per heavy atom. The first kappa shape index (κ1) is 22.1. The van der Waals surface area contributed by atoms with E-state index in [0.29, 0.717) is 42.2 Å². The number of rotatable bonds is 9. The molecule has 0 aliphatic heterocycles. The average Bonchev–Trinajstić information content (AvgIpc) is 3.24. The molecule has 4 rings (SSSR count). The number of aromatic nitrogens is 4. The van der Waals surface area contributed by atoms with Gasteiger partial charge in [-0.05, 0) is 30.2 Å². The molecular weight excluding hydrogens is 422 g/mol. The molecule has 0 atom stereocenters. The van der Waals surface area contributed by atoms with Crippen LogP contribution in [0.2, 0.25) is 0 Å². The van der Waals surface area contributed by atoms with Gasteiger partial charge >= 0.3 is 0 Å². The van der Waals surface area contributed by atoms with Gasteiger partial charge in [0.25, 0.3) is 11.5 Å². The van der Waals surface area contributed by atoms with Gasteiger partial charge in [0, 0.05) is 6.54 Å². The van der Waals surface area contributed by atoms with Crippen molar-refractivity contribution in [2.45, 2.75) is 20.0 Å². The monoisotopic (exact) mass is 447 g/mol. The first-order valence-corrected chi connectivity index (χ1v) is 10.5. The SMILES string of the molecule is COc1ccccc1OCC(=O)NCCn1ncc2c(=O)n(Cc3ccccc3C)cnc21. The van der Waals surface area contributed by atoms with Gasteiger partial charge in [-0.1, -0.05) is 36.4 Å². The van der Waals surface area contributed by atoms with E-state index in [2.05, 4.69) is 15.4 Å². The molecule has 1 amide bonds. The third-order valence-corrected chi connectivity index (χ3v) is 5.30. The summed E-state index contributed by atoms with van der Waals surface area (Å²) in [5, 5.41) is 7.50. The Balaban J connectivity index is 1.35. The van der Waals surface area contributed by atoms with E-state index in [0.717, 1.165) is 11.1 Å². The zero-order valence-electron chi connectivity index (χ0n) is 18.5. The van der Waals surface area contributed by atoms with Crippen LogP contribution in [-0.4, -0.2) is 45.5 Å². The molecule has 2 aromatic heterocycles. The number of nitrogens with zero attached hydrogens (tertiary/aromatic N) is 4. The Hall–Kier alpha value is -4.14. The minimum absolute atomic E-state index is 0.137. The molecule has 0 fully saturated rings. The van der Waals surface area contributed by atoms with Crippen LogP contribution >= 0.6 is 0 Å². The van der Waals surface area contributed by atoms with Gasteiger partial charge in [0.1, 0.15) is 11.7 Å². The summed E-state index contributed by atoms with van der Waals surface area (Å²) in [7, 11) is 1.54. The lowest BCUT2D eigenvalue weighted by atomic mass is 10.1. The van der Waals surface area contributed by atoms with E-state index in [9.17, 15) is 9.59 Å². The fraction of sp³-hybridized carbons (Fsp3) is 0.250. The highest BCUT2D eigenvalue weighted by atomic mass is 16.5. The van der Waals surface area contributed by atoms with E-state index >= 15 is 0 Å². The van der Waals surface area contributed by atoms with E-state index in [1.54, 1.807) is 34.6 Å². The molecule has 0 aliphatic carbocycles. The fourth-order valence-corrected chi connectivity index (χ4v) is 3.48. The maximum absolute atomic E-state index is 12.9. The molecule has 170 valence electrons. The topological polar surface area (TPSA) is 100 Å². The summed E-state index contributed by atoms with van der Waals surface area (Å²) in [5.74, 6) is 0.790. The number of carbonyl (C=O) groups is 1. The molecule has 0 bridgehead atoms. The Labute approximate surface area is 190 Å².